The van der Waals surface area contributed by atoms with Crippen LogP contribution in [0.2, 0.25) is 0 Å². The van der Waals surface area contributed by atoms with Gasteiger partial charge in [-0.1, -0.05) is 17.5 Å². The molecule has 0 amide bonds. The van der Waals surface area contributed by atoms with Crippen LogP contribution in [0.25, 0.3) is 0 Å². The minimum absolute atomic E-state index is 0.621. The van der Waals surface area contributed by atoms with Crippen molar-refractivity contribution in [3.63, 3.8) is 0 Å². The summed E-state index contributed by atoms with van der Waals surface area (Å²) in [6.45, 7) is 0.994. The summed E-state index contributed by atoms with van der Waals surface area (Å²) in [7, 11) is -17.0. The number of H-pyrrole nitrogens is 1. The molecule has 0 aromatic carbocycles. The summed E-state index contributed by atoms with van der Waals surface area (Å²) in [4.78, 5) is 62.2. The molecule has 7 atom stereocenters. The van der Waals surface area contributed by atoms with Crippen LogP contribution in [-0.4, -0.2) is 62.4 Å². The van der Waals surface area contributed by atoms with E-state index in [0.717, 1.165) is 6.92 Å². The van der Waals surface area contributed by atoms with Crippen LogP contribution in [0.1, 0.15) is 13.2 Å². The number of ether oxygens (including phenoxy) is 1. The van der Waals surface area contributed by atoms with Gasteiger partial charge in [-0.05, 0) is 18.5 Å². The van der Waals surface area contributed by atoms with E-state index in [-0.39, 0.29) is 0 Å². The third kappa shape index (κ3) is 7.04. The number of aliphatic hydroxyl groups is 1. The lowest BCUT2D eigenvalue weighted by Crippen LogP contribution is -2.45. The number of hydrogen-bond acceptors (Lipinski definition) is 11. The Morgan fingerprint density at radius 2 is 1.85 bits per heavy atom. The standard InChI is InChI=1S/C11H14Cl2N3O14P3/c1-5(28-32(23,24)30-33(25,26)29-31(20,21)22)6-7(17)11(13,2-3-12)8(27-6)16-4-14-9(18)15-10(16)19/h4-8,17H,1H3,(H,23,24)(H,25,26)(H,15,18,19)(H2,20,21,22)/t5-,6+,7-,8?,11-/m0/s1. The Kier molecular flexibility index (Phi) is 8.56. The molecule has 2 rings (SSSR count). The molecule has 186 valence electrons. The van der Waals surface area contributed by atoms with Gasteiger partial charge in [0, 0.05) is 5.38 Å². The van der Waals surface area contributed by atoms with Gasteiger partial charge < -0.3 is 29.4 Å². The second kappa shape index (κ2) is 9.98. The van der Waals surface area contributed by atoms with Crippen molar-refractivity contribution in [1.29, 1.82) is 0 Å². The van der Waals surface area contributed by atoms with E-state index in [9.17, 15) is 38.2 Å². The number of phosphoric ester groups is 1. The molecule has 17 nitrogen and oxygen atoms in total. The van der Waals surface area contributed by atoms with E-state index < -0.39 is 64.3 Å². The van der Waals surface area contributed by atoms with Crippen molar-refractivity contribution >= 4 is 46.7 Å². The fourth-order valence-corrected chi connectivity index (χ4v) is 6.38. The summed E-state index contributed by atoms with van der Waals surface area (Å²) in [5.41, 5.74) is -2.11. The highest BCUT2D eigenvalue weighted by atomic mass is 35.5. The highest BCUT2D eigenvalue weighted by molar-refractivity contribution is 7.66. The summed E-state index contributed by atoms with van der Waals surface area (Å²) in [6, 6.07) is 0. The van der Waals surface area contributed by atoms with Gasteiger partial charge >= 0.3 is 34.8 Å². The molecule has 1 fully saturated rings. The number of nitrogens with zero attached hydrogens (tertiary/aromatic N) is 2. The Balaban J connectivity index is 2.32. The molecule has 0 spiro atoms. The number of nitrogens with one attached hydrogen (secondary N) is 1. The van der Waals surface area contributed by atoms with Crippen molar-refractivity contribution in [3.05, 3.63) is 27.3 Å². The lowest BCUT2D eigenvalue weighted by Gasteiger charge is -2.26. The SMILES string of the molecule is C[C@H](OP(=O)(O)OP(=O)(O)OP(=O)(O)O)[C@H]1OC(n2cnc(=O)[nH]c2=O)[C@](Cl)(C#CCl)[C@H]1O. The Labute approximate surface area is 192 Å². The molecule has 6 N–H and O–H groups in total. The van der Waals surface area contributed by atoms with Gasteiger partial charge in [0.05, 0.1) is 6.10 Å². The number of aliphatic hydroxyl groups excluding tert-OH is 1. The van der Waals surface area contributed by atoms with Crippen molar-refractivity contribution in [2.75, 3.05) is 0 Å². The van der Waals surface area contributed by atoms with Gasteiger partial charge in [0.15, 0.2) is 11.1 Å². The number of aromatic amines is 1. The van der Waals surface area contributed by atoms with E-state index in [4.69, 9.17) is 37.7 Å². The van der Waals surface area contributed by atoms with Crippen LogP contribution >= 0.6 is 46.7 Å². The molecule has 1 aliphatic rings. The molecule has 1 aliphatic heterocycles. The molecule has 0 radical (unpaired) electrons. The van der Waals surface area contributed by atoms with Gasteiger partial charge in [-0.15, -0.1) is 0 Å². The Bertz CT molecular complexity index is 1220. The summed E-state index contributed by atoms with van der Waals surface area (Å²) in [5.74, 6) is 2.19. The first kappa shape index (κ1) is 28.3. The quantitative estimate of drug-likeness (QED) is 0.125. The van der Waals surface area contributed by atoms with Crippen LogP contribution < -0.4 is 11.4 Å². The second-order valence-corrected chi connectivity index (χ2v) is 11.4. The minimum atomic E-state index is -5.80. The fraction of sp³-hybridized carbons (Fsp3) is 0.545. The third-order valence-electron chi connectivity index (χ3n) is 3.80. The molecular weight excluding hydrogens is 562 g/mol. The predicted octanol–water partition coefficient (Wildman–Crippen LogP) is -0.901. The van der Waals surface area contributed by atoms with E-state index >= 15 is 0 Å². The average molecular weight is 576 g/mol. The molecule has 1 aromatic heterocycles. The number of hydrogen-bond donors (Lipinski definition) is 6. The molecule has 0 aliphatic carbocycles. The number of rotatable bonds is 8. The number of aromatic nitrogens is 3. The molecule has 1 aromatic rings. The van der Waals surface area contributed by atoms with E-state index in [1.807, 2.05) is 5.38 Å². The predicted molar refractivity (Wildman–Crippen MR) is 106 cm³/mol. The normalized spacial score (nSPS) is 30.0. The molecule has 3 unspecified atom stereocenters. The van der Waals surface area contributed by atoms with Gasteiger partial charge in [-0.25, -0.2) is 23.3 Å². The largest absolute Gasteiger partial charge is 0.490 e. The van der Waals surface area contributed by atoms with Crippen molar-refractivity contribution in [1.82, 2.24) is 14.5 Å². The molecular formula is C11H14Cl2N3O14P3. The van der Waals surface area contributed by atoms with Crippen molar-refractivity contribution < 1.29 is 56.3 Å². The smallest absolute Gasteiger partial charge is 0.387 e. The zero-order valence-corrected chi connectivity index (χ0v) is 20.0. The second-order valence-electron chi connectivity index (χ2n) is 6.17. The lowest BCUT2D eigenvalue weighted by molar-refractivity contribution is -0.0752. The topological polar surface area (TPSA) is 257 Å². The maximum atomic E-state index is 12.1. The number of alkyl halides is 1. The van der Waals surface area contributed by atoms with Crippen LogP contribution in [-0.2, 0) is 31.6 Å². The molecule has 1 saturated heterocycles. The number of halogens is 2. The zero-order chi connectivity index (χ0) is 25.4. The van der Waals surface area contributed by atoms with Gasteiger partial charge in [0.2, 0.25) is 0 Å². The van der Waals surface area contributed by atoms with Gasteiger partial charge in [-0.3, -0.25) is 14.1 Å². The van der Waals surface area contributed by atoms with E-state index in [1.165, 1.54) is 0 Å². The molecule has 0 bridgehead atoms. The first-order chi connectivity index (χ1) is 14.9. The van der Waals surface area contributed by atoms with Crippen LogP contribution in [0.5, 0.6) is 0 Å². The minimum Gasteiger partial charge on any atom is -0.387 e. The monoisotopic (exact) mass is 575 g/mol. The van der Waals surface area contributed by atoms with Gasteiger partial charge in [0.25, 0.3) is 0 Å². The summed E-state index contributed by atoms with van der Waals surface area (Å²) < 4.78 is 52.0. The van der Waals surface area contributed by atoms with E-state index in [0.29, 0.717) is 10.9 Å². The molecule has 33 heavy (non-hydrogen) atoms. The van der Waals surface area contributed by atoms with Crippen LogP contribution in [0.3, 0.4) is 0 Å². The summed E-state index contributed by atoms with van der Waals surface area (Å²) in [5, 5.41) is 12.5. The summed E-state index contributed by atoms with van der Waals surface area (Å²) in [6.07, 6.45) is -6.34. The summed E-state index contributed by atoms with van der Waals surface area (Å²) >= 11 is 11.7. The van der Waals surface area contributed by atoms with Crippen LogP contribution in [0, 0.1) is 11.3 Å². The van der Waals surface area contributed by atoms with Crippen LogP contribution in [0.4, 0.5) is 0 Å². The molecule has 0 saturated carbocycles. The van der Waals surface area contributed by atoms with Crippen molar-refractivity contribution in [3.8, 4) is 11.3 Å². The average Bonchev–Trinajstić information content (AvgIpc) is 2.83. The van der Waals surface area contributed by atoms with Crippen LogP contribution in [0.15, 0.2) is 15.9 Å². The Morgan fingerprint density at radius 1 is 1.24 bits per heavy atom. The number of phosphoric acid groups is 3. The van der Waals surface area contributed by atoms with Gasteiger partial charge in [-0.2, -0.15) is 13.6 Å². The van der Waals surface area contributed by atoms with Crippen molar-refractivity contribution in [2.45, 2.75) is 36.3 Å². The lowest BCUT2D eigenvalue weighted by atomic mass is 9.97. The first-order valence-corrected chi connectivity index (χ1v) is 13.3. The maximum absolute atomic E-state index is 12.1. The van der Waals surface area contributed by atoms with Crippen molar-refractivity contribution in [2.24, 2.45) is 0 Å². The fourth-order valence-electron chi connectivity index (χ4n) is 2.64. The Hall–Kier alpha value is -0.920. The maximum Gasteiger partial charge on any atom is 0.490 e. The first-order valence-electron chi connectivity index (χ1n) is 8.06. The highest BCUT2D eigenvalue weighted by Crippen LogP contribution is 2.66. The zero-order valence-electron chi connectivity index (χ0n) is 15.8. The van der Waals surface area contributed by atoms with Gasteiger partial charge in [0.1, 0.15) is 18.5 Å². The Morgan fingerprint density at radius 3 is 2.36 bits per heavy atom. The highest BCUT2D eigenvalue weighted by Gasteiger charge is 2.58. The van der Waals surface area contributed by atoms with E-state index in [2.05, 4.69) is 24.0 Å². The molecule has 22 heteroatoms. The molecule has 2 heterocycles. The third-order valence-corrected chi connectivity index (χ3v) is 8.33. The van der Waals surface area contributed by atoms with E-state index in [1.54, 1.807) is 4.98 Å².